The zero-order chi connectivity index (χ0) is 13.6. The number of sulfonamides is 1. The predicted octanol–water partition coefficient (Wildman–Crippen LogP) is 0.436. The Morgan fingerprint density at radius 1 is 1.41 bits per heavy atom. The van der Waals surface area contributed by atoms with E-state index in [-0.39, 0.29) is 12.3 Å². The van der Waals surface area contributed by atoms with Crippen LogP contribution in [0.5, 0.6) is 0 Å². The van der Waals surface area contributed by atoms with E-state index in [4.69, 9.17) is 5.11 Å². The third-order valence-electron chi connectivity index (χ3n) is 2.88. The van der Waals surface area contributed by atoms with Gasteiger partial charge in [0.15, 0.2) is 4.75 Å². The molecule has 1 aliphatic rings. The molecule has 6 nitrogen and oxygen atoms in total. The first-order valence-corrected chi connectivity index (χ1v) is 6.78. The lowest BCUT2D eigenvalue weighted by molar-refractivity contribution is -0.149. The fourth-order valence-electron chi connectivity index (χ4n) is 1.74. The third-order valence-corrected chi connectivity index (χ3v) is 5.28. The van der Waals surface area contributed by atoms with Gasteiger partial charge in [0.25, 0.3) is 15.9 Å². The van der Waals surface area contributed by atoms with Crippen LogP contribution in [0.25, 0.3) is 0 Å². The first-order valence-electron chi connectivity index (χ1n) is 5.34. The number of hydrogen-bond donors (Lipinski definition) is 1. The van der Waals surface area contributed by atoms with Crippen LogP contribution < -0.4 is 0 Å². The van der Waals surface area contributed by atoms with Gasteiger partial charge >= 0.3 is 5.97 Å². The fourth-order valence-corrected chi connectivity index (χ4v) is 3.38. The summed E-state index contributed by atoms with van der Waals surface area (Å²) >= 11 is 0. The molecule has 1 atom stereocenters. The maximum absolute atomic E-state index is 11.9. The smallest absolute Gasteiger partial charge is 0.327 e. The van der Waals surface area contributed by atoms with Crippen LogP contribution in [0.2, 0.25) is 0 Å². The normalized spacial score (nSPS) is 23.4. The fraction of sp³-hybridized carbons (Fsp3) is 0.800. The van der Waals surface area contributed by atoms with Crippen molar-refractivity contribution in [2.24, 2.45) is 5.92 Å². The number of hydrogen-bond acceptors (Lipinski definition) is 4. The van der Waals surface area contributed by atoms with Crippen LogP contribution in [-0.2, 0) is 19.6 Å². The van der Waals surface area contributed by atoms with E-state index in [1.54, 1.807) is 13.8 Å². The number of aliphatic carboxylic acids is 1. The SMILES string of the molecule is CC(C)CC(C(=O)O)N1C(=O)C(C)(C)S1(=O)=O. The maximum Gasteiger partial charge on any atom is 0.327 e. The van der Waals surface area contributed by atoms with E-state index in [9.17, 15) is 18.0 Å². The largest absolute Gasteiger partial charge is 0.480 e. The Morgan fingerprint density at radius 2 is 1.88 bits per heavy atom. The molecular weight excluding hydrogens is 246 g/mol. The van der Waals surface area contributed by atoms with E-state index in [0.717, 1.165) is 0 Å². The second kappa shape index (κ2) is 3.97. The zero-order valence-electron chi connectivity index (χ0n) is 10.3. The summed E-state index contributed by atoms with van der Waals surface area (Å²) in [6.45, 7) is 6.13. The zero-order valence-corrected chi connectivity index (χ0v) is 11.1. The van der Waals surface area contributed by atoms with Gasteiger partial charge in [-0.3, -0.25) is 4.79 Å². The monoisotopic (exact) mass is 263 g/mol. The molecule has 0 bridgehead atoms. The third kappa shape index (κ3) is 1.92. The molecule has 1 heterocycles. The summed E-state index contributed by atoms with van der Waals surface area (Å²) in [7, 11) is -3.84. The molecule has 0 aromatic heterocycles. The second-order valence-electron chi connectivity index (χ2n) is 5.10. The number of amides is 1. The van der Waals surface area contributed by atoms with Crippen LogP contribution in [0.3, 0.4) is 0 Å². The van der Waals surface area contributed by atoms with Crippen molar-refractivity contribution in [2.75, 3.05) is 0 Å². The number of rotatable bonds is 4. The molecule has 1 unspecified atom stereocenters. The molecule has 1 amide bonds. The van der Waals surface area contributed by atoms with E-state index in [1.165, 1.54) is 13.8 Å². The molecule has 7 heteroatoms. The van der Waals surface area contributed by atoms with Gasteiger partial charge in [-0.05, 0) is 26.2 Å². The van der Waals surface area contributed by atoms with Crippen LogP contribution in [0.15, 0.2) is 0 Å². The van der Waals surface area contributed by atoms with Crippen molar-refractivity contribution in [3.63, 3.8) is 0 Å². The molecule has 0 aromatic rings. The number of carbonyl (C=O) groups excluding carboxylic acids is 1. The molecule has 0 radical (unpaired) electrons. The summed E-state index contributed by atoms with van der Waals surface area (Å²) in [5.41, 5.74) is 0. The van der Waals surface area contributed by atoms with Gasteiger partial charge in [-0.2, -0.15) is 0 Å². The number of carbonyl (C=O) groups is 2. The molecule has 0 aliphatic carbocycles. The lowest BCUT2D eigenvalue weighted by Crippen LogP contribution is -2.71. The minimum absolute atomic E-state index is 0.0113. The molecule has 1 N–H and O–H groups in total. The highest BCUT2D eigenvalue weighted by atomic mass is 32.2. The lowest BCUT2D eigenvalue weighted by Gasteiger charge is -2.45. The Bertz CT molecular complexity index is 451. The first kappa shape index (κ1) is 14.0. The molecule has 0 aromatic carbocycles. The van der Waals surface area contributed by atoms with E-state index in [1.807, 2.05) is 0 Å². The van der Waals surface area contributed by atoms with Crippen molar-refractivity contribution in [2.45, 2.75) is 44.9 Å². The maximum atomic E-state index is 11.9. The minimum atomic E-state index is -3.84. The number of carboxylic acids is 1. The standard InChI is InChI=1S/C10H17NO5S/c1-6(2)5-7(8(12)13)11-9(14)10(3,4)17(11,15)16/h6-7H,5H2,1-4H3,(H,12,13). The molecule has 1 saturated heterocycles. The molecular formula is C10H17NO5S. The molecule has 98 valence electrons. The highest BCUT2D eigenvalue weighted by Crippen LogP contribution is 2.37. The number of nitrogens with zero attached hydrogens (tertiary/aromatic N) is 1. The summed E-state index contributed by atoms with van der Waals surface area (Å²) in [6, 6.07) is -1.29. The Labute approximate surface area is 101 Å². The van der Waals surface area contributed by atoms with Crippen LogP contribution in [0.1, 0.15) is 34.1 Å². The van der Waals surface area contributed by atoms with E-state index in [2.05, 4.69) is 0 Å². The van der Waals surface area contributed by atoms with Crippen molar-refractivity contribution in [1.29, 1.82) is 0 Å². The van der Waals surface area contributed by atoms with Gasteiger partial charge in [0.05, 0.1) is 0 Å². The van der Waals surface area contributed by atoms with Crippen LogP contribution >= 0.6 is 0 Å². The number of carboxylic acid groups (broad SMARTS) is 1. The van der Waals surface area contributed by atoms with Crippen LogP contribution in [-0.4, -0.2) is 40.5 Å². The summed E-state index contributed by atoms with van der Waals surface area (Å²) in [5.74, 6) is -1.94. The van der Waals surface area contributed by atoms with Gasteiger partial charge < -0.3 is 5.11 Å². The summed E-state index contributed by atoms with van der Waals surface area (Å²) in [6.07, 6.45) is 0.121. The molecule has 1 aliphatic heterocycles. The Hall–Kier alpha value is -1.11. The van der Waals surface area contributed by atoms with Gasteiger partial charge in [-0.25, -0.2) is 17.5 Å². The van der Waals surface area contributed by atoms with Crippen molar-refractivity contribution < 1.29 is 23.1 Å². The summed E-state index contributed by atoms with van der Waals surface area (Å²) < 4.78 is 22.7. The van der Waals surface area contributed by atoms with Crippen LogP contribution in [0, 0.1) is 5.92 Å². The predicted molar refractivity (Wildman–Crippen MR) is 60.7 cm³/mol. The Morgan fingerprint density at radius 3 is 2.18 bits per heavy atom. The second-order valence-corrected chi connectivity index (χ2v) is 7.46. The first-order chi connectivity index (χ1) is 7.53. The molecule has 1 rings (SSSR count). The minimum Gasteiger partial charge on any atom is -0.480 e. The van der Waals surface area contributed by atoms with Gasteiger partial charge in [-0.1, -0.05) is 13.8 Å². The van der Waals surface area contributed by atoms with Gasteiger partial charge in [0.1, 0.15) is 6.04 Å². The van der Waals surface area contributed by atoms with Crippen LogP contribution in [0.4, 0.5) is 0 Å². The summed E-state index contributed by atoms with van der Waals surface area (Å²) in [5, 5.41) is 9.02. The van der Waals surface area contributed by atoms with Crippen molar-refractivity contribution in [3.05, 3.63) is 0 Å². The molecule has 17 heavy (non-hydrogen) atoms. The Balaban J connectivity index is 3.08. The highest BCUT2D eigenvalue weighted by Gasteiger charge is 2.63. The van der Waals surface area contributed by atoms with E-state index < -0.39 is 32.7 Å². The van der Waals surface area contributed by atoms with Crippen molar-refractivity contribution in [3.8, 4) is 0 Å². The lowest BCUT2D eigenvalue weighted by atomic mass is 10.0. The van der Waals surface area contributed by atoms with Crippen molar-refractivity contribution in [1.82, 2.24) is 4.31 Å². The highest BCUT2D eigenvalue weighted by molar-refractivity contribution is 7.94. The average Bonchev–Trinajstić information content (AvgIpc) is 2.14. The topological polar surface area (TPSA) is 91.8 Å². The quantitative estimate of drug-likeness (QED) is 0.794. The molecule has 0 saturated carbocycles. The van der Waals surface area contributed by atoms with Gasteiger partial charge in [-0.15, -0.1) is 0 Å². The van der Waals surface area contributed by atoms with E-state index in [0.29, 0.717) is 4.31 Å². The van der Waals surface area contributed by atoms with E-state index >= 15 is 0 Å². The van der Waals surface area contributed by atoms with Gasteiger partial charge in [0.2, 0.25) is 0 Å². The van der Waals surface area contributed by atoms with Gasteiger partial charge in [0, 0.05) is 0 Å². The van der Waals surface area contributed by atoms with Crippen molar-refractivity contribution >= 4 is 21.9 Å². The molecule has 0 spiro atoms. The molecule has 1 fully saturated rings. The average molecular weight is 263 g/mol. The Kier molecular flexibility index (Phi) is 3.26. The summed E-state index contributed by atoms with van der Waals surface area (Å²) in [4.78, 5) is 22.8.